The van der Waals surface area contributed by atoms with Crippen molar-refractivity contribution >= 4 is 23.2 Å². The lowest BCUT2D eigenvalue weighted by Gasteiger charge is -2.50. The Morgan fingerprint density at radius 3 is 2.17 bits per heavy atom. The first kappa shape index (κ1) is 32.0. The van der Waals surface area contributed by atoms with Crippen LogP contribution in [0.2, 0.25) is 0 Å². The maximum absolute atomic E-state index is 14.1. The van der Waals surface area contributed by atoms with E-state index < -0.39 is 58.0 Å². The zero-order valence-corrected chi connectivity index (χ0v) is 26.3. The molecule has 244 valence electrons. The Morgan fingerprint density at radius 1 is 0.979 bits per heavy atom. The number of aliphatic hydroxyl groups is 3. The summed E-state index contributed by atoms with van der Waals surface area (Å²) in [5, 5.41) is 48.7. The van der Waals surface area contributed by atoms with Gasteiger partial charge in [0.1, 0.15) is 28.6 Å². The van der Waals surface area contributed by atoms with Crippen molar-refractivity contribution in [1.29, 1.82) is 0 Å². The van der Waals surface area contributed by atoms with Crippen molar-refractivity contribution in [1.82, 2.24) is 10.2 Å². The molecule has 3 aliphatic carbocycles. The molecule has 1 unspecified atom stereocenters. The van der Waals surface area contributed by atoms with Gasteiger partial charge >= 0.3 is 0 Å². The smallest absolute Gasteiger partial charge is 0.255 e. The second-order valence-electron chi connectivity index (χ2n) is 12.6. The standard InChI is InChI=1S/C36H37N3O8/c1-39(2)30-25-15-21-14-24-23(20-8-4-18(5-9-20)16-38-17-19-6-10-22(47-3)11-7-19)12-13-26(40)28(24)31(41)27(21)33(43)36(25,46)34(44)29(32(30)42)35(37)45/h4-13,21,25,30,38,40-41,44,46H,14-17H2,1-3H3,(H2,37,45)/t21-,25-,30?,36-/m0/s1. The number of nitrogens with zero attached hydrogens (tertiary/aromatic N) is 1. The number of likely N-dealkylation sites (N-methyl/N-ethyl adjacent to an activating group) is 1. The first-order chi connectivity index (χ1) is 22.4. The molecule has 1 saturated carbocycles. The van der Waals surface area contributed by atoms with Crippen LogP contribution in [0.4, 0.5) is 0 Å². The lowest BCUT2D eigenvalue weighted by molar-refractivity contribution is -0.153. The van der Waals surface area contributed by atoms with E-state index in [0.29, 0.717) is 18.7 Å². The van der Waals surface area contributed by atoms with Gasteiger partial charge in [-0.15, -0.1) is 0 Å². The average Bonchev–Trinajstić information content (AvgIpc) is 3.03. The summed E-state index contributed by atoms with van der Waals surface area (Å²) in [6.45, 7) is 1.31. The van der Waals surface area contributed by atoms with Crippen LogP contribution in [0.5, 0.6) is 11.5 Å². The summed E-state index contributed by atoms with van der Waals surface area (Å²) in [6.07, 6.45) is 0.239. The zero-order chi connectivity index (χ0) is 33.8. The summed E-state index contributed by atoms with van der Waals surface area (Å²) < 4.78 is 5.21. The van der Waals surface area contributed by atoms with Gasteiger partial charge in [0, 0.05) is 24.6 Å². The predicted octanol–water partition coefficient (Wildman–Crippen LogP) is 2.93. The van der Waals surface area contributed by atoms with Crippen molar-refractivity contribution in [3.05, 3.63) is 99.8 Å². The van der Waals surface area contributed by atoms with E-state index in [2.05, 4.69) is 5.32 Å². The van der Waals surface area contributed by atoms with E-state index in [4.69, 9.17) is 10.5 Å². The molecule has 1 fully saturated rings. The summed E-state index contributed by atoms with van der Waals surface area (Å²) >= 11 is 0. The molecule has 6 rings (SSSR count). The monoisotopic (exact) mass is 639 g/mol. The summed E-state index contributed by atoms with van der Waals surface area (Å²) in [7, 11) is 4.77. The molecule has 0 bridgehead atoms. The summed E-state index contributed by atoms with van der Waals surface area (Å²) in [6, 6.07) is 17.8. The third-order valence-electron chi connectivity index (χ3n) is 9.69. The van der Waals surface area contributed by atoms with Gasteiger partial charge in [0.15, 0.2) is 11.4 Å². The molecule has 0 heterocycles. The number of phenolic OH excluding ortho intramolecular Hbond substituents is 1. The van der Waals surface area contributed by atoms with Gasteiger partial charge in [-0.1, -0.05) is 42.5 Å². The number of aliphatic hydroxyl groups excluding tert-OH is 2. The molecule has 3 aromatic carbocycles. The maximum atomic E-state index is 14.1. The molecule has 0 spiro atoms. The number of amides is 1. The molecule has 3 aromatic rings. The summed E-state index contributed by atoms with van der Waals surface area (Å²) in [5.74, 6) is -5.95. The van der Waals surface area contributed by atoms with Crippen molar-refractivity contribution in [3.8, 4) is 22.6 Å². The van der Waals surface area contributed by atoms with Gasteiger partial charge in [-0.3, -0.25) is 19.3 Å². The molecule has 0 aliphatic heterocycles. The van der Waals surface area contributed by atoms with E-state index in [1.807, 2.05) is 48.5 Å². The van der Waals surface area contributed by atoms with E-state index in [-0.39, 0.29) is 29.7 Å². The third-order valence-corrected chi connectivity index (χ3v) is 9.69. The number of nitrogens with one attached hydrogen (secondary N) is 1. The van der Waals surface area contributed by atoms with E-state index >= 15 is 0 Å². The second-order valence-corrected chi connectivity index (χ2v) is 12.6. The van der Waals surface area contributed by atoms with Crippen LogP contribution < -0.4 is 15.8 Å². The Morgan fingerprint density at radius 2 is 1.60 bits per heavy atom. The molecule has 1 amide bonds. The van der Waals surface area contributed by atoms with Crippen LogP contribution in [-0.4, -0.2) is 75.6 Å². The van der Waals surface area contributed by atoms with Crippen LogP contribution in [-0.2, 0) is 33.9 Å². The Hall–Kier alpha value is -4.97. The van der Waals surface area contributed by atoms with E-state index in [1.165, 1.54) is 11.0 Å². The van der Waals surface area contributed by atoms with Crippen LogP contribution in [0, 0.1) is 11.8 Å². The molecule has 0 aromatic heterocycles. The number of benzene rings is 3. The van der Waals surface area contributed by atoms with E-state index in [1.54, 1.807) is 27.3 Å². The van der Waals surface area contributed by atoms with Gasteiger partial charge in [0.05, 0.1) is 18.7 Å². The van der Waals surface area contributed by atoms with Gasteiger partial charge in [-0.25, -0.2) is 0 Å². The number of rotatable bonds is 8. The highest BCUT2D eigenvalue weighted by Gasteiger charge is 2.64. The quantitative estimate of drug-likeness (QED) is 0.201. The second kappa shape index (κ2) is 12.0. The van der Waals surface area contributed by atoms with Gasteiger partial charge < -0.3 is 36.2 Å². The molecule has 0 radical (unpaired) electrons. The minimum absolute atomic E-state index is 0.0274. The predicted molar refractivity (Wildman–Crippen MR) is 173 cm³/mol. The highest BCUT2D eigenvalue weighted by atomic mass is 16.5. The fourth-order valence-corrected chi connectivity index (χ4v) is 7.41. The summed E-state index contributed by atoms with van der Waals surface area (Å²) in [4.78, 5) is 41.1. The van der Waals surface area contributed by atoms with Crippen LogP contribution in [0.15, 0.2) is 77.6 Å². The van der Waals surface area contributed by atoms with Crippen molar-refractivity contribution in [2.75, 3.05) is 21.2 Å². The Bertz CT molecular complexity index is 1840. The number of carbonyl (C=O) groups excluding carboxylic acids is 3. The number of Topliss-reactive ketones (excluding diaryl/α,β-unsaturated/α-hetero) is 2. The maximum Gasteiger partial charge on any atom is 0.255 e. The first-order valence-electron chi connectivity index (χ1n) is 15.3. The first-order valence-corrected chi connectivity index (χ1v) is 15.3. The number of phenols is 1. The Labute approximate surface area is 271 Å². The van der Waals surface area contributed by atoms with Gasteiger partial charge in [0.2, 0.25) is 5.78 Å². The number of hydrogen-bond donors (Lipinski definition) is 6. The van der Waals surface area contributed by atoms with Crippen molar-refractivity contribution in [2.45, 2.75) is 37.6 Å². The van der Waals surface area contributed by atoms with Crippen molar-refractivity contribution < 1.29 is 39.5 Å². The fraction of sp³-hybridized carbons (Fsp3) is 0.306. The normalized spacial score (nSPS) is 23.8. The van der Waals surface area contributed by atoms with Crippen LogP contribution in [0.1, 0.15) is 28.7 Å². The fourth-order valence-electron chi connectivity index (χ4n) is 7.41. The van der Waals surface area contributed by atoms with Crippen LogP contribution >= 0.6 is 0 Å². The Balaban J connectivity index is 1.32. The van der Waals surface area contributed by atoms with Gasteiger partial charge in [-0.2, -0.15) is 0 Å². The number of nitrogens with two attached hydrogens (primary N) is 1. The lowest BCUT2D eigenvalue weighted by atomic mass is 9.57. The van der Waals surface area contributed by atoms with E-state index in [9.17, 15) is 34.8 Å². The van der Waals surface area contributed by atoms with Gasteiger partial charge in [-0.05, 0) is 78.9 Å². The molecule has 47 heavy (non-hydrogen) atoms. The Kier molecular flexibility index (Phi) is 8.17. The van der Waals surface area contributed by atoms with Crippen LogP contribution in [0.25, 0.3) is 16.9 Å². The molecular formula is C36H37N3O8. The number of aromatic hydroxyl groups is 1. The SMILES string of the molecule is COc1ccc(CNCc2ccc(-c3ccc(O)c4c3C[C@H]3C[C@H]5C(N(C)C)C(=O)C(C(N)=O)=C(O)[C@@]5(O)C(=O)C3=C4O)cc2)cc1. The average molecular weight is 640 g/mol. The lowest BCUT2D eigenvalue weighted by Crippen LogP contribution is -2.65. The molecule has 11 heteroatoms. The molecular weight excluding hydrogens is 602 g/mol. The molecule has 3 aliphatic rings. The topological polar surface area (TPSA) is 183 Å². The molecule has 11 nitrogen and oxygen atoms in total. The number of primary amides is 1. The summed E-state index contributed by atoms with van der Waals surface area (Å²) in [5.41, 5.74) is 6.14. The number of carbonyl (C=O) groups is 3. The van der Waals surface area contributed by atoms with Crippen LogP contribution in [0.3, 0.4) is 0 Å². The minimum Gasteiger partial charge on any atom is -0.508 e. The van der Waals surface area contributed by atoms with E-state index in [0.717, 1.165) is 28.0 Å². The minimum atomic E-state index is -2.67. The number of hydrogen-bond acceptors (Lipinski definition) is 10. The zero-order valence-electron chi connectivity index (χ0n) is 26.3. The number of ether oxygens (including phenoxy) is 1. The van der Waals surface area contributed by atoms with Gasteiger partial charge in [0.25, 0.3) is 5.91 Å². The number of fused-ring (bicyclic) bond motifs is 3. The van der Waals surface area contributed by atoms with Crippen molar-refractivity contribution in [3.63, 3.8) is 0 Å². The highest BCUT2D eigenvalue weighted by molar-refractivity contribution is 6.24. The number of methoxy groups -OCH3 is 1. The molecule has 0 saturated heterocycles. The third kappa shape index (κ3) is 5.16. The number of ketones is 2. The molecule has 4 atom stereocenters. The largest absolute Gasteiger partial charge is 0.508 e. The molecule has 7 N–H and O–H groups in total. The van der Waals surface area contributed by atoms with Crippen molar-refractivity contribution in [2.24, 2.45) is 17.6 Å². The highest BCUT2D eigenvalue weighted by Crippen LogP contribution is 2.53.